The SMILES string of the molecule is CCc1cccc(CC)c1NC(=S)NC(=O)c1cccs1. The van der Waals surface area contributed by atoms with Crippen molar-refractivity contribution in [1.82, 2.24) is 5.32 Å². The first-order chi connectivity index (χ1) is 10.2. The molecule has 0 saturated heterocycles. The van der Waals surface area contributed by atoms with Crippen LogP contribution in [0.5, 0.6) is 0 Å². The summed E-state index contributed by atoms with van der Waals surface area (Å²) in [5, 5.41) is 8.11. The first-order valence-corrected chi connectivity index (χ1v) is 8.21. The van der Waals surface area contributed by atoms with Gasteiger partial charge in [-0.1, -0.05) is 38.1 Å². The van der Waals surface area contributed by atoms with E-state index in [9.17, 15) is 4.79 Å². The molecule has 1 amide bonds. The monoisotopic (exact) mass is 318 g/mol. The molecule has 0 aliphatic heterocycles. The molecule has 0 aliphatic rings. The topological polar surface area (TPSA) is 41.1 Å². The molecule has 0 atom stereocenters. The van der Waals surface area contributed by atoms with E-state index in [0.29, 0.717) is 9.99 Å². The molecule has 5 heteroatoms. The molecule has 0 saturated carbocycles. The maximum atomic E-state index is 12.0. The van der Waals surface area contributed by atoms with E-state index >= 15 is 0 Å². The molecule has 3 nitrogen and oxygen atoms in total. The minimum absolute atomic E-state index is 0.172. The Bertz CT molecular complexity index is 613. The number of amides is 1. The predicted octanol–water partition coefficient (Wildman–Crippen LogP) is 4.00. The highest BCUT2D eigenvalue weighted by Gasteiger charge is 2.11. The molecule has 0 bridgehead atoms. The number of aryl methyl sites for hydroxylation is 2. The molecule has 1 aromatic heterocycles. The third-order valence-electron chi connectivity index (χ3n) is 3.21. The molecule has 0 aliphatic carbocycles. The van der Waals surface area contributed by atoms with E-state index in [4.69, 9.17) is 12.2 Å². The second kappa shape index (κ2) is 7.33. The number of hydrogen-bond donors (Lipinski definition) is 2. The molecule has 1 heterocycles. The van der Waals surface area contributed by atoms with Crippen LogP contribution in [0.25, 0.3) is 0 Å². The van der Waals surface area contributed by atoms with Gasteiger partial charge >= 0.3 is 0 Å². The number of carbonyl (C=O) groups is 1. The predicted molar refractivity (Wildman–Crippen MR) is 93.2 cm³/mol. The van der Waals surface area contributed by atoms with Gasteiger partial charge in [0.05, 0.1) is 4.88 Å². The van der Waals surface area contributed by atoms with Gasteiger partial charge < -0.3 is 5.32 Å². The van der Waals surface area contributed by atoms with Crippen LogP contribution in [0.15, 0.2) is 35.7 Å². The number of carbonyl (C=O) groups excluding carboxylic acids is 1. The minimum atomic E-state index is -0.172. The number of rotatable bonds is 4. The summed E-state index contributed by atoms with van der Waals surface area (Å²) in [5.74, 6) is -0.172. The van der Waals surface area contributed by atoms with Gasteiger partial charge in [-0.15, -0.1) is 11.3 Å². The van der Waals surface area contributed by atoms with Gasteiger partial charge in [0, 0.05) is 5.69 Å². The number of benzene rings is 1. The average Bonchev–Trinajstić information content (AvgIpc) is 3.01. The summed E-state index contributed by atoms with van der Waals surface area (Å²) in [6, 6.07) is 9.82. The van der Waals surface area contributed by atoms with Gasteiger partial charge in [-0.25, -0.2) is 0 Å². The van der Waals surface area contributed by atoms with E-state index in [1.54, 1.807) is 6.07 Å². The summed E-state index contributed by atoms with van der Waals surface area (Å²) >= 11 is 6.66. The second-order valence-corrected chi connectivity index (χ2v) is 5.90. The highest BCUT2D eigenvalue weighted by molar-refractivity contribution is 7.80. The lowest BCUT2D eigenvalue weighted by atomic mass is 10.0. The maximum absolute atomic E-state index is 12.0. The van der Waals surface area contributed by atoms with Crippen LogP contribution in [0, 0.1) is 0 Å². The first-order valence-electron chi connectivity index (χ1n) is 6.92. The summed E-state index contributed by atoms with van der Waals surface area (Å²) in [7, 11) is 0. The van der Waals surface area contributed by atoms with E-state index in [1.165, 1.54) is 22.5 Å². The Hall–Kier alpha value is -1.72. The third kappa shape index (κ3) is 3.89. The van der Waals surface area contributed by atoms with Gasteiger partial charge in [-0.2, -0.15) is 0 Å². The molecule has 2 rings (SSSR count). The summed E-state index contributed by atoms with van der Waals surface area (Å²) in [4.78, 5) is 12.6. The quantitative estimate of drug-likeness (QED) is 0.837. The summed E-state index contributed by atoms with van der Waals surface area (Å²) in [6.07, 6.45) is 1.83. The molecule has 0 unspecified atom stereocenters. The van der Waals surface area contributed by atoms with Gasteiger partial charge in [0.25, 0.3) is 5.91 Å². The number of anilines is 1. The lowest BCUT2D eigenvalue weighted by molar-refractivity contribution is 0.0981. The van der Waals surface area contributed by atoms with E-state index in [0.717, 1.165) is 18.5 Å². The molecule has 110 valence electrons. The van der Waals surface area contributed by atoms with Crippen LogP contribution in [0.1, 0.15) is 34.6 Å². The zero-order valence-corrected chi connectivity index (χ0v) is 13.7. The van der Waals surface area contributed by atoms with Crippen LogP contribution >= 0.6 is 23.6 Å². The van der Waals surface area contributed by atoms with Gasteiger partial charge in [-0.05, 0) is 47.6 Å². The van der Waals surface area contributed by atoms with Crippen LogP contribution in [0.4, 0.5) is 5.69 Å². The molecule has 1 aromatic carbocycles. The molecule has 0 radical (unpaired) electrons. The lowest BCUT2D eigenvalue weighted by Gasteiger charge is -2.16. The smallest absolute Gasteiger partial charge is 0.267 e. The number of hydrogen-bond acceptors (Lipinski definition) is 3. The Balaban J connectivity index is 2.11. The highest BCUT2D eigenvalue weighted by Crippen LogP contribution is 2.22. The van der Waals surface area contributed by atoms with Crippen LogP contribution in [-0.2, 0) is 12.8 Å². The summed E-state index contributed by atoms with van der Waals surface area (Å²) < 4.78 is 0. The Morgan fingerprint density at radius 2 is 1.81 bits per heavy atom. The van der Waals surface area contributed by atoms with Crippen molar-refractivity contribution in [2.75, 3.05) is 5.32 Å². The Labute approximate surface area is 134 Å². The molecule has 2 aromatic rings. The largest absolute Gasteiger partial charge is 0.332 e. The minimum Gasteiger partial charge on any atom is -0.332 e. The third-order valence-corrected chi connectivity index (χ3v) is 4.28. The molecule has 21 heavy (non-hydrogen) atoms. The van der Waals surface area contributed by atoms with Crippen LogP contribution < -0.4 is 10.6 Å². The van der Waals surface area contributed by atoms with Crippen LogP contribution in [-0.4, -0.2) is 11.0 Å². The number of para-hydroxylation sites is 1. The summed E-state index contributed by atoms with van der Waals surface area (Å²) in [5.41, 5.74) is 3.41. The average molecular weight is 318 g/mol. The van der Waals surface area contributed by atoms with E-state index in [-0.39, 0.29) is 5.91 Å². The molecule has 0 spiro atoms. The number of nitrogens with one attached hydrogen (secondary N) is 2. The van der Waals surface area contributed by atoms with Crippen molar-refractivity contribution in [2.45, 2.75) is 26.7 Å². The van der Waals surface area contributed by atoms with E-state index in [2.05, 4.69) is 42.7 Å². The molecular weight excluding hydrogens is 300 g/mol. The van der Waals surface area contributed by atoms with Crippen molar-refractivity contribution in [3.63, 3.8) is 0 Å². The fraction of sp³-hybridized carbons (Fsp3) is 0.250. The lowest BCUT2D eigenvalue weighted by Crippen LogP contribution is -2.34. The van der Waals surface area contributed by atoms with Gasteiger partial charge in [0.2, 0.25) is 0 Å². The fourth-order valence-corrected chi connectivity index (χ4v) is 2.93. The van der Waals surface area contributed by atoms with E-state index in [1.807, 2.05) is 11.4 Å². The number of thiophene rings is 1. The van der Waals surface area contributed by atoms with Crippen LogP contribution in [0.3, 0.4) is 0 Å². The van der Waals surface area contributed by atoms with Crippen molar-refractivity contribution in [3.8, 4) is 0 Å². The molecule has 0 fully saturated rings. The standard InChI is InChI=1S/C16H18N2OS2/c1-3-11-7-5-8-12(4-2)14(11)17-16(20)18-15(19)13-9-6-10-21-13/h5-10H,3-4H2,1-2H3,(H2,17,18,19,20). The number of thiocarbonyl (C=S) groups is 1. The van der Waals surface area contributed by atoms with E-state index < -0.39 is 0 Å². The van der Waals surface area contributed by atoms with Crippen molar-refractivity contribution >= 4 is 40.3 Å². The zero-order valence-electron chi connectivity index (χ0n) is 12.1. The first kappa shape index (κ1) is 15.7. The van der Waals surface area contributed by atoms with Crippen LogP contribution in [0.2, 0.25) is 0 Å². The molecular formula is C16H18N2OS2. The van der Waals surface area contributed by atoms with Crippen molar-refractivity contribution in [1.29, 1.82) is 0 Å². The molecule has 2 N–H and O–H groups in total. The fourth-order valence-electron chi connectivity index (χ4n) is 2.12. The van der Waals surface area contributed by atoms with Gasteiger partial charge in [0.15, 0.2) is 5.11 Å². The summed E-state index contributed by atoms with van der Waals surface area (Å²) in [6.45, 7) is 4.21. The Morgan fingerprint density at radius 3 is 2.33 bits per heavy atom. The highest BCUT2D eigenvalue weighted by atomic mass is 32.1. The van der Waals surface area contributed by atoms with Crippen molar-refractivity contribution in [2.24, 2.45) is 0 Å². The Kier molecular flexibility index (Phi) is 5.47. The second-order valence-electron chi connectivity index (χ2n) is 4.54. The normalized spacial score (nSPS) is 10.2. The Morgan fingerprint density at radius 1 is 1.14 bits per heavy atom. The maximum Gasteiger partial charge on any atom is 0.267 e. The zero-order chi connectivity index (χ0) is 15.2. The van der Waals surface area contributed by atoms with Gasteiger partial charge in [-0.3, -0.25) is 10.1 Å². The van der Waals surface area contributed by atoms with Crippen molar-refractivity contribution in [3.05, 3.63) is 51.7 Å². The van der Waals surface area contributed by atoms with Gasteiger partial charge in [0.1, 0.15) is 0 Å². The van der Waals surface area contributed by atoms with Crippen molar-refractivity contribution < 1.29 is 4.79 Å².